The van der Waals surface area contributed by atoms with Gasteiger partial charge >= 0.3 is 0 Å². The summed E-state index contributed by atoms with van der Waals surface area (Å²) in [5, 5.41) is 29.8. The van der Waals surface area contributed by atoms with E-state index in [9.17, 15) is 20.1 Å². The first-order valence-electron chi connectivity index (χ1n) is 6.85. The molecule has 2 aliphatic carbocycles. The first-order chi connectivity index (χ1) is 9.99. The lowest BCUT2D eigenvalue weighted by atomic mass is 9.83. The maximum Gasteiger partial charge on any atom is 0.200 e. The molecule has 0 aromatic heterocycles. The predicted octanol–water partition coefficient (Wildman–Crippen LogP) is 3.30. The molecule has 3 rings (SSSR count). The average molecular weight is 398 g/mol. The molecule has 21 heavy (non-hydrogen) atoms. The highest BCUT2D eigenvalue weighted by Gasteiger charge is 2.31. The SMILES string of the molecule is O=C1C=CC2c3c(cc(O)c(O)c3O)CCCC2C=C1I. The first kappa shape index (κ1) is 14.4. The largest absolute Gasteiger partial charge is 0.504 e. The van der Waals surface area contributed by atoms with Crippen LogP contribution in [0.5, 0.6) is 17.2 Å². The van der Waals surface area contributed by atoms with Crippen molar-refractivity contribution in [1.82, 2.24) is 0 Å². The number of ketones is 1. The van der Waals surface area contributed by atoms with E-state index in [4.69, 9.17) is 0 Å². The number of halogens is 1. The van der Waals surface area contributed by atoms with Crippen molar-refractivity contribution in [1.29, 1.82) is 0 Å². The number of phenolic OH excluding ortho intramolecular Hbond substituents is 3. The van der Waals surface area contributed by atoms with Crippen molar-refractivity contribution in [3.63, 3.8) is 0 Å². The third kappa shape index (κ3) is 2.43. The van der Waals surface area contributed by atoms with E-state index in [0.717, 1.165) is 24.8 Å². The molecule has 2 aliphatic rings. The van der Waals surface area contributed by atoms with Gasteiger partial charge in [-0.25, -0.2) is 0 Å². The second kappa shape index (κ2) is 5.36. The van der Waals surface area contributed by atoms with Gasteiger partial charge in [0.05, 0.1) is 3.58 Å². The minimum absolute atomic E-state index is 0.0345. The van der Waals surface area contributed by atoms with Crippen LogP contribution in [-0.4, -0.2) is 21.1 Å². The Balaban J connectivity index is 2.21. The van der Waals surface area contributed by atoms with E-state index in [1.54, 1.807) is 6.08 Å². The summed E-state index contributed by atoms with van der Waals surface area (Å²) >= 11 is 2.04. The van der Waals surface area contributed by atoms with Crippen molar-refractivity contribution < 1.29 is 20.1 Å². The van der Waals surface area contributed by atoms with Gasteiger partial charge in [-0.05, 0) is 65.5 Å². The highest BCUT2D eigenvalue weighted by atomic mass is 127. The Labute approximate surface area is 135 Å². The van der Waals surface area contributed by atoms with Gasteiger partial charge < -0.3 is 15.3 Å². The fourth-order valence-electron chi connectivity index (χ4n) is 3.18. The number of aryl methyl sites for hydroxylation is 1. The fraction of sp³-hybridized carbons (Fsp3) is 0.312. The van der Waals surface area contributed by atoms with Crippen LogP contribution in [0.2, 0.25) is 0 Å². The van der Waals surface area contributed by atoms with Crippen molar-refractivity contribution >= 4 is 28.4 Å². The molecule has 0 bridgehead atoms. The Hall–Kier alpha value is -1.50. The number of hydrogen-bond acceptors (Lipinski definition) is 4. The lowest BCUT2D eigenvalue weighted by molar-refractivity contribution is -0.110. The second-order valence-electron chi connectivity index (χ2n) is 5.49. The Morgan fingerprint density at radius 1 is 1.19 bits per heavy atom. The number of phenols is 3. The van der Waals surface area contributed by atoms with Crippen LogP contribution in [0.1, 0.15) is 29.9 Å². The van der Waals surface area contributed by atoms with Crippen LogP contribution in [0.25, 0.3) is 0 Å². The number of rotatable bonds is 0. The molecule has 0 saturated carbocycles. The molecule has 2 atom stereocenters. The highest BCUT2D eigenvalue weighted by Crippen LogP contribution is 2.49. The summed E-state index contributed by atoms with van der Waals surface area (Å²) < 4.78 is 0.683. The van der Waals surface area contributed by atoms with Gasteiger partial charge in [-0.2, -0.15) is 0 Å². The second-order valence-corrected chi connectivity index (χ2v) is 6.65. The van der Waals surface area contributed by atoms with E-state index in [1.165, 1.54) is 12.1 Å². The van der Waals surface area contributed by atoms with Gasteiger partial charge in [-0.15, -0.1) is 0 Å². The van der Waals surface area contributed by atoms with E-state index in [1.807, 2.05) is 28.7 Å². The lowest BCUT2D eigenvalue weighted by Crippen LogP contribution is -2.08. The molecule has 4 nitrogen and oxygen atoms in total. The lowest BCUT2D eigenvalue weighted by Gasteiger charge is -2.22. The van der Waals surface area contributed by atoms with Gasteiger partial charge in [0.2, 0.25) is 5.75 Å². The molecule has 0 fully saturated rings. The molecule has 0 saturated heterocycles. The number of allylic oxidation sites excluding steroid dienone is 4. The summed E-state index contributed by atoms with van der Waals surface area (Å²) in [6.07, 6.45) is 7.81. The molecule has 0 spiro atoms. The van der Waals surface area contributed by atoms with Crippen LogP contribution in [0.4, 0.5) is 0 Å². The third-order valence-corrected chi connectivity index (χ3v) is 5.10. The molecular formula is C16H15IO4. The standard InChI is InChI=1S/C16H15IO4/c17-11-6-8-2-1-3-9-7-13(19)15(20)16(21)14(9)10(8)4-5-12(11)18/h4-8,10,19-21H,1-3H2. The smallest absolute Gasteiger partial charge is 0.200 e. The van der Waals surface area contributed by atoms with Crippen molar-refractivity contribution in [2.75, 3.05) is 0 Å². The van der Waals surface area contributed by atoms with Crippen LogP contribution in [0.3, 0.4) is 0 Å². The Morgan fingerprint density at radius 3 is 2.71 bits per heavy atom. The van der Waals surface area contributed by atoms with Gasteiger partial charge in [-0.1, -0.05) is 12.2 Å². The van der Waals surface area contributed by atoms with Crippen LogP contribution in [-0.2, 0) is 11.2 Å². The molecule has 0 heterocycles. The Bertz CT molecular complexity index is 675. The van der Waals surface area contributed by atoms with Crippen molar-refractivity contribution in [3.8, 4) is 17.2 Å². The summed E-state index contributed by atoms with van der Waals surface area (Å²) in [5.41, 5.74) is 1.46. The molecule has 0 aliphatic heterocycles. The third-order valence-electron chi connectivity index (χ3n) is 4.21. The summed E-state index contributed by atoms with van der Waals surface area (Å²) in [7, 11) is 0. The summed E-state index contributed by atoms with van der Waals surface area (Å²) in [6.45, 7) is 0. The molecule has 0 radical (unpaired) electrons. The van der Waals surface area contributed by atoms with Gasteiger partial charge in [0.1, 0.15) is 0 Å². The number of benzene rings is 1. The molecule has 2 unspecified atom stereocenters. The quantitative estimate of drug-likeness (QED) is 0.463. The van der Waals surface area contributed by atoms with E-state index >= 15 is 0 Å². The van der Waals surface area contributed by atoms with Crippen molar-refractivity contribution in [2.24, 2.45) is 5.92 Å². The van der Waals surface area contributed by atoms with Gasteiger partial charge in [-0.3, -0.25) is 4.79 Å². The van der Waals surface area contributed by atoms with Gasteiger partial charge in [0.15, 0.2) is 17.3 Å². The minimum atomic E-state index is -0.489. The van der Waals surface area contributed by atoms with Crippen LogP contribution < -0.4 is 0 Å². The van der Waals surface area contributed by atoms with Gasteiger partial charge in [0, 0.05) is 11.5 Å². The van der Waals surface area contributed by atoms with Crippen molar-refractivity contribution in [3.05, 3.63) is 39.0 Å². The Kier molecular flexibility index (Phi) is 3.69. The van der Waals surface area contributed by atoms with Crippen LogP contribution in [0.15, 0.2) is 27.9 Å². The van der Waals surface area contributed by atoms with E-state index in [2.05, 4.69) is 0 Å². The normalized spacial score (nSPS) is 24.6. The maximum atomic E-state index is 11.8. The zero-order chi connectivity index (χ0) is 15.1. The fourth-order valence-corrected chi connectivity index (χ4v) is 3.82. The molecule has 110 valence electrons. The number of hydrogen-bond donors (Lipinski definition) is 3. The highest BCUT2D eigenvalue weighted by molar-refractivity contribution is 14.1. The average Bonchev–Trinajstić information content (AvgIpc) is 2.69. The van der Waals surface area contributed by atoms with E-state index < -0.39 is 5.75 Å². The van der Waals surface area contributed by atoms with Gasteiger partial charge in [0.25, 0.3) is 0 Å². The Morgan fingerprint density at radius 2 is 1.95 bits per heavy atom. The summed E-state index contributed by atoms with van der Waals surface area (Å²) in [5.74, 6) is -1.15. The van der Waals surface area contributed by atoms with Crippen LogP contribution in [0, 0.1) is 5.92 Å². The molecule has 3 N–H and O–H groups in total. The van der Waals surface area contributed by atoms with Crippen molar-refractivity contribution in [2.45, 2.75) is 25.2 Å². The minimum Gasteiger partial charge on any atom is -0.504 e. The number of aromatic hydroxyl groups is 3. The van der Waals surface area contributed by atoms with Crippen LogP contribution >= 0.6 is 22.6 Å². The summed E-state index contributed by atoms with van der Waals surface area (Å²) in [6, 6.07) is 1.52. The first-order valence-corrected chi connectivity index (χ1v) is 7.93. The maximum absolute atomic E-state index is 11.8. The molecule has 1 aromatic rings. The molecular weight excluding hydrogens is 383 g/mol. The molecule has 0 amide bonds. The zero-order valence-corrected chi connectivity index (χ0v) is 13.4. The predicted molar refractivity (Wildman–Crippen MR) is 86.9 cm³/mol. The summed E-state index contributed by atoms with van der Waals surface area (Å²) in [4.78, 5) is 11.8. The van der Waals surface area contributed by atoms with E-state index in [0.29, 0.717) is 9.14 Å². The van der Waals surface area contributed by atoms with E-state index in [-0.39, 0.29) is 29.1 Å². The molecule has 1 aromatic carbocycles. The topological polar surface area (TPSA) is 77.8 Å². The molecule has 5 heteroatoms. The number of fused-ring (bicyclic) bond motifs is 3. The zero-order valence-electron chi connectivity index (χ0n) is 11.2. The number of carbonyl (C=O) groups excluding carboxylic acids is 1. The number of carbonyl (C=O) groups is 1. The monoisotopic (exact) mass is 398 g/mol.